The minimum Gasteiger partial charge on any atom is -0.322 e. The number of likely N-dealkylation sites (tertiary alicyclic amines) is 1. The molecular formula is C23H32N6O. The molecule has 7 nitrogen and oxygen atoms in total. The van der Waals surface area contributed by atoms with Crippen LogP contribution in [-0.2, 0) is 5.54 Å². The predicted octanol–water partition coefficient (Wildman–Crippen LogP) is 3.85. The van der Waals surface area contributed by atoms with Gasteiger partial charge in [0.25, 0.3) is 5.56 Å². The number of aromatic amines is 1. The molecule has 0 aliphatic carbocycles. The summed E-state index contributed by atoms with van der Waals surface area (Å²) in [6, 6.07) is 5.98. The number of pyridine rings is 1. The molecule has 3 heterocycles. The van der Waals surface area contributed by atoms with Gasteiger partial charge in [0.1, 0.15) is 6.04 Å². The Morgan fingerprint density at radius 1 is 1.10 bits per heavy atom. The number of fused-ring (bicyclic) bond motifs is 1. The molecule has 30 heavy (non-hydrogen) atoms. The van der Waals surface area contributed by atoms with Crippen LogP contribution in [0.15, 0.2) is 23.0 Å². The van der Waals surface area contributed by atoms with Crippen molar-refractivity contribution in [2.45, 2.75) is 71.9 Å². The van der Waals surface area contributed by atoms with Crippen LogP contribution in [0.3, 0.4) is 0 Å². The van der Waals surface area contributed by atoms with Crippen molar-refractivity contribution < 1.29 is 0 Å². The van der Waals surface area contributed by atoms with Crippen molar-refractivity contribution in [3.05, 3.63) is 51.1 Å². The van der Waals surface area contributed by atoms with E-state index >= 15 is 0 Å². The summed E-state index contributed by atoms with van der Waals surface area (Å²) >= 11 is 0. The Morgan fingerprint density at radius 3 is 2.50 bits per heavy atom. The smallest absolute Gasteiger partial charge is 0.253 e. The van der Waals surface area contributed by atoms with Crippen LogP contribution in [0.2, 0.25) is 0 Å². The lowest BCUT2D eigenvalue weighted by atomic mass is 9.97. The number of hydrogen-bond acceptors (Lipinski definition) is 5. The van der Waals surface area contributed by atoms with Crippen LogP contribution in [-0.4, -0.2) is 43.2 Å². The van der Waals surface area contributed by atoms with Crippen LogP contribution in [0.1, 0.15) is 75.0 Å². The summed E-state index contributed by atoms with van der Waals surface area (Å²) in [6.45, 7) is 12.5. The molecule has 0 amide bonds. The van der Waals surface area contributed by atoms with Gasteiger partial charge in [-0.25, -0.2) is 4.68 Å². The Balaban J connectivity index is 1.92. The standard InChI is InChI=1S/C23H32N6O/c1-6-23(4,5)29-21(25-26-27-29)20(28-10-8-7-9-11-28)18-14-17-12-15(2)16(3)13-19(17)24-22(18)30/h12-14,20H,6-11H2,1-5H3,(H,24,30)/t20-/m0/s1. The fourth-order valence-corrected chi connectivity index (χ4v) is 4.32. The molecular weight excluding hydrogens is 376 g/mol. The zero-order chi connectivity index (χ0) is 21.5. The molecule has 4 rings (SSSR count). The maximum atomic E-state index is 13.3. The molecule has 0 bridgehead atoms. The number of hydrogen-bond donors (Lipinski definition) is 1. The summed E-state index contributed by atoms with van der Waals surface area (Å²) in [4.78, 5) is 18.8. The first kappa shape index (κ1) is 20.7. The Labute approximate surface area is 177 Å². The van der Waals surface area contributed by atoms with E-state index in [1.165, 1.54) is 17.5 Å². The van der Waals surface area contributed by atoms with Gasteiger partial charge in [-0.3, -0.25) is 9.69 Å². The van der Waals surface area contributed by atoms with Gasteiger partial charge in [-0.05, 0) is 105 Å². The van der Waals surface area contributed by atoms with E-state index in [-0.39, 0.29) is 17.1 Å². The summed E-state index contributed by atoms with van der Waals surface area (Å²) in [5, 5.41) is 13.8. The fourth-order valence-electron chi connectivity index (χ4n) is 4.32. The number of nitrogens with zero attached hydrogens (tertiary/aromatic N) is 5. The number of rotatable bonds is 5. The maximum Gasteiger partial charge on any atom is 0.253 e. The minimum atomic E-state index is -0.263. The summed E-state index contributed by atoms with van der Waals surface area (Å²) < 4.78 is 1.91. The number of nitrogens with one attached hydrogen (secondary N) is 1. The third-order valence-corrected chi connectivity index (χ3v) is 6.71. The van der Waals surface area contributed by atoms with Crippen LogP contribution in [0.5, 0.6) is 0 Å². The highest BCUT2D eigenvalue weighted by atomic mass is 16.1. The van der Waals surface area contributed by atoms with Gasteiger partial charge in [0.15, 0.2) is 5.82 Å². The van der Waals surface area contributed by atoms with E-state index < -0.39 is 0 Å². The average Bonchev–Trinajstić information content (AvgIpc) is 3.21. The van der Waals surface area contributed by atoms with E-state index in [2.05, 4.69) is 72.2 Å². The quantitative estimate of drug-likeness (QED) is 0.694. The van der Waals surface area contributed by atoms with Gasteiger partial charge in [0.2, 0.25) is 0 Å². The second-order valence-electron chi connectivity index (χ2n) is 9.19. The second-order valence-corrected chi connectivity index (χ2v) is 9.19. The summed E-state index contributed by atoms with van der Waals surface area (Å²) in [7, 11) is 0. The molecule has 1 aliphatic heterocycles. The van der Waals surface area contributed by atoms with Gasteiger partial charge in [-0.2, -0.15) is 0 Å². The van der Waals surface area contributed by atoms with Crippen LogP contribution in [0.25, 0.3) is 10.9 Å². The Morgan fingerprint density at radius 2 is 1.80 bits per heavy atom. The molecule has 1 atom stereocenters. The van der Waals surface area contributed by atoms with Gasteiger partial charge < -0.3 is 4.98 Å². The molecule has 1 fully saturated rings. The molecule has 1 saturated heterocycles. The Hall–Kier alpha value is -2.54. The van der Waals surface area contributed by atoms with Crippen molar-refractivity contribution in [3.63, 3.8) is 0 Å². The number of benzene rings is 1. The third kappa shape index (κ3) is 3.67. The highest BCUT2D eigenvalue weighted by Crippen LogP contribution is 2.32. The van der Waals surface area contributed by atoms with Crippen LogP contribution >= 0.6 is 0 Å². The molecule has 1 N–H and O–H groups in total. The normalized spacial score (nSPS) is 16.8. The molecule has 160 valence electrons. The second kappa shape index (κ2) is 7.95. The largest absolute Gasteiger partial charge is 0.322 e. The minimum absolute atomic E-state index is 0.0646. The topological polar surface area (TPSA) is 79.7 Å². The Kier molecular flexibility index (Phi) is 5.49. The predicted molar refractivity (Wildman–Crippen MR) is 119 cm³/mol. The van der Waals surface area contributed by atoms with Crippen LogP contribution in [0.4, 0.5) is 0 Å². The molecule has 0 saturated carbocycles. The molecule has 0 radical (unpaired) electrons. The van der Waals surface area contributed by atoms with E-state index in [4.69, 9.17) is 0 Å². The number of aryl methyl sites for hydroxylation is 2. The van der Waals surface area contributed by atoms with Crippen molar-refractivity contribution in [2.24, 2.45) is 0 Å². The van der Waals surface area contributed by atoms with Gasteiger partial charge in [-0.1, -0.05) is 13.3 Å². The molecule has 7 heteroatoms. The third-order valence-electron chi connectivity index (χ3n) is 6.71. The first-order valence-corrected chi connectivity index (χ1v) is 11.0. The first-order valence-electron chi connectivity index (χ1n) is 11.0. The van der Waals surface area contributed by atoms with Crippen molar-refractivity contribution in [1.82, 2.24) is 30.1 Å². The summed E-state index contributed by atoms with van der Waals surface area (Å²) in [6.07, 6.45) is 4.36. The fraction of sp³-hybridized carbons (Fsp3) is 0.565. The number of H-pyrrole nitrogens is 1. The molecule has 1 aromatic carbocycles. The van der Waals surface area contributed by atoms with Gasteiger partial charge >= 0.3 is 0 Å². The van der Waals surface area contributed by atoms with Crippen LogP contribution < -0.4 is 5.56 Å². The number of tetrazole rings is 1. The lowest BCUT2D eigenvalue weighted by Crippen LogP contribution is -2.40. The zero-order valence-corrected chi connectivity index (χ0v) is 18.7. The van der Waals surface area contributed by atoms with Gasteiger partial charge in [0, 0.05) is 11.1 Å². The zero-order valence-electron chi connectivity index (χ0n) is 18.7. The van der Waals surface area contributed by atoms with E-state index in [0.29, 0.717) is 0 Å². The highest BCUT2D eigenvalue weighted by molar-refractivity contribution is 5.81. The first-order chi connectivity index (χ1) is 14.3. The Bertz CT molecular complexity index is 1110. The van der Waals surface area contributed by atoms with Crippen molar-refractivity contribution in [1.29, 1.82) is 0 Å². The van der Waals surface area contributed by atoms with E-state index in [9.17, 15) is 4.79 Å². The van der Waals surface area contributed by atoms with E-state index in [1.807, 2.05) is 10.7 Å². The monoisotopic (exact) mass is 408 g/mol. The molecule has 1 aliphatic rings. The molecule has 2 aromatic heterocycles. The number of piperidine rings is 1. The number of aromatic nitrogens is 5. The molecule has 0 spiro atoms. The lowest BCUT2D eigenvalue weighted by molar-refractivity contribution is 0.167. The molecule has 3 aromatic rings. The van der Waals surface area contributed by atoms with Crippen LogP contribution in [0, 0.1) is 13.8 Å². The van der Waals surface area contributed by atoms with Crippen molar-refractivity contribution in [3.8, 4) is 0 Å². The van der Waals surface area contributed by atoms with E-state index in [0.717, 1.165) is 54.6 Å². The SMILES string of the molecule is CCC(C)(C)n1nnnc1[C@H](c1cc2cc(C)c(C)cc2[nH]c1=O)N1CCCCC1. The lowest BCUT2D eigenvalue weighted by Gasteiger charge is -2.35. The van der Waals surface area contributed by atoms with Gasteiger partial charge in [-0.15, -0.1) is 5.10 Å². The highest BCUT2D eigenvalue weighted by Gasteiger charge is 2.34. The summed E-state index contributed by atoms with van der Waals surface area (Å²) in [5.74, 6) is 0.748. The summed E-state index contributed by atoms with van der Waals surface area (Å²) in [5.41, 5.74) is 3.68. The average molecular weight is 409 g/mol. The van der Waals surface area contributed by atoms with Gasteiger partial charge in [0.05, 0.1) is 5.54 Å². The molecule has 0 unspecified atom stereocenters. The van der Waals surface area contributed by atoms with Crippen molar-refractivity contribution >= 4 is 10.9 Å². The van der Waals surface area contributed by atoms with Crippen molar-refractivity contribution in [2.75, 3.05) is 13.1 Å². The van der Waals surface area contributed by atoms with E-state index in [1.54, 1.807) is 0 Å². The maximum absolute atomic E-state index is 13.3.